The van der Waals surface area contributed by atoms with Gasteiger partial charge < -0.3 is 15.0 Å². The number of morpholine rings is 1. The van der Waals surface area contributed by atoms with Gasteiger partial charge in [0, 0.05) is 24.4 Å². The molecule has 1 aliphatic rings. The van der Waals surface area contributed by atoms with Crippen molar-refractivity contribution < 1.29 is 9.53 Å². The van der Waals surface area contributed by atoms with E-state index in [9.17, 15) is 4.79 Å². The minimum Gasteiger partial charge on any atom is -0.378 e. The van der Waals surface area contributed by atoms with Crippen molar-refractivity contribution in [1.82, 2.24) is 4.98 Å². The summed E-state index contributed by atoms with van der Waals surface area (Å²) in [6, 6.07) is 11.6. The summed E-state index contributed by atoms with van der Waals surface area (Å²) >= 11 is 1.87. The Morgan fingerprint density at radius 2 is 1.96 bits per heavy atom. The van der Waals surface area contributed by atoms with Crippen LogP contribution in [-0.4, -0.2) is 42.9 Å². The second kappa shape index (κ2) is 8.87. The molecule has 1 fully saturated rings. The molecule has 1 N–H and O–H groups in total. The highest BCUT2D eigenvalue weighted by atomic mass is 32.2. The first-order valence-corrected chi connectivity index (χ1v) is 9.68. The van der Waals surface area contributed by atoms with Gasteiger partial charge in [-0.25, -0.2) is 4.98 Å². The van der Waals surface area contributed by atoms with Gasteiger partial charge in [-0.1, -0.05) is 19.1 Å². The van der Waals surface area contributed by atoms with Crippen LogP contribution in [0.25, 0.3) is 0 Å². The maximum atomic E-state index is 12.4. The van der Waals surface area contributed by atoms with Crippen LogP contribution in [0.2, 0.25) is 0 Å². The van der Waals surface area contributed by atoms with Crippen LogP contribution in [0.3, 0.4) is 0 Å². The molecule has 2 aromatic rings. The topological polar surface area (TPSA) is 54.5 Å². The number of amides is 1. The number of rotatable bonds is 6. The molecule has 0 unspecified atom stereocenters. The first kappa shape index (κ1) is 17.8. The molecule has 1 aromatic carbocycles. The zero-order chi connectivity index (χ0) is 17.5. The second-order valence-corrected chi connectivity index (χ2v) is 7.07. The van der Waals surface area contributed by atoms with E-state index in [0.29, 0.717) is 11.3 Å². The zero-order valence-electron chi connectivity index (χ0n) is 14.4. The van der Waals surface area contributed by atoms with Gasteiger partial charge in [0.2, 0.25) is 0 Å². The maximum Gasteiger partial charge on any atom is 0.255 e. The van der Waals surface area contributed by atoms with Crippen LogP contribution in [0.5, 0.6) is 0 Å². The quantitative estimate of drug-likeness (QED) is 0.858. The summed E-state index contributed by atoms with van der Waals surface area (Å²) in [5.41, 5.74) is 2.59. The summed E-state index contributed by atoms with van der Waals surface area (Å²) in [6.45, 7) is 5.30. The van der Waals surface area contributed by atoms with Gasteiger partial charge in [-0.3, -0.25) is 4.79 Å². The number of nitrogens with zero attached hydrogens (tertiary/aromatic N) is 2. The molecule has 0 radical (unpaired) electrons. The summed E-state index contributed by atoms with van der Waals surface area (Å²) in [5, 5.41) is 2.90. The van der Waals surface area contributed by atoms with Gasteiger partial charge in [0.05, 0.1) is 25.1 Å². The van der Waals surface area contributed by atoms with Crippen molar-refractivity contribution in [3.05, 3.63) is 53.7 Å². The monoisotopic (exact) mass is 357 g/mol. The number of hydrogen-bond donors (Lipinski definition) is 1. The van der Waals surface area contributed by atoms with Gasteiger partial charge in [-0.2, -0.15) is 11.8 Å². The van der Waals surface area contributed by atoms with Gasteiger partial charge in [0.25, 0.3) is 5.91 Å². The van der Waals surface area contributed by atoms with Crippen molar-refractivity contribution in [2.24, 2.45) is 0 Å². The van der Waals surface area contributed by atoms with Crippen molar-refractivity contribution >= 4 is 29.2 Å². The van der Waals surface area contributed by atoms with Crippen molar-refractivity contribution in [1.29, 1.82) is 0 Å². The summed E-state index contributed by atoms with van der Waals surface area (Å²) in [7, 11) is 0. The number of aromatic nitrogens is 1. The number of ether oxygens (including phenoxy) is 1. The van der Waals surface area contributed by atoms with Crippen molar-refractivity contribution in [2.75, 3.05) is 42.3 Å². The molecule has 3 rings (SSSR count). The number of thioether (sulfide) groups is 1. The highest BCUT2D eigenvalue weighted by Gasteiger charge is 2.12. The number of hydrogen-bond acceptors (Lipinski definition) is 5. The van der Waals surface area contributed by atoms with E-state index in [4.69, 9.17) is 4.74 Å². The number of nitrogens with one attached hydrogen (secondary N) is 1. The van der Waals surface area contributed by atoms with E-state index in [1.807, 2.05) is 48.2 Å². The molecule has 25 heavy (non-hydrogen) atoms. The van der Waals surface area contributed by atoms with Crippen molar-refractivity contribution in [3.63, 3.8) is 0 Å². The molecule has 1 amide bonds. The Morgan fingerprint density at radius 1 is 1.20 bits per heavy atom. The van der Waals surface area contributed by atoms with Crippen LogP contribution >= 0.6 is 11.8 Å². The Hall–Kier alpha value is -2.05. The highest BCUT2D eigenvalue weighted by molar-refractivity contribution is 7.98. The smallest absolute Gasteiger partial charge is 0.255 e. The van der Waals surface area contributed by atoms with Gasteiger partial charge >= 0.3 is 0 Å². The van der Waals surface area contributed by atoms with E-state index < -0.39 is 0 Å². The molecule has 0 atom stereocenters. The minimum atomic E-state index is -0.115. The molecule has 2 heterocycles. The molecule has 0 spiro atoms. The fourth-order valence-corrected chi connectivity index (χ4v) is 3.25. The maximum absolute atomic E-state index is 12.4. The van der Waals surface area contributed by atoms with Crippen LogP contribution in [0, 0.1) is 0 Å². The van der Waals surface area contributed by atoms with E-state index in [-0.39, 0.29) is 5.91 Å². The first-order chi connectivity index (χ1) is 12.3. The van der Waals surface area contributed by atoms with Crippen molar-refractivity contribution in [2.45, 2.75) is 12.7 Å². The van der Waals surface area contributed by atoms with E-state index in [0.717, 1.165) is 43.6 Å². The third-order valence-corrected chi connectivity index (χ3v) is 4.98. The van der Waals surface area contributed by atoms with Gasteiger partial charge in [-0.05, 0) is 35.6 Å². The molecule has 1 aromatic heterocycles. The average Bonchev–Trinajstić information content (AvgIpc) is 2.68. The number of benzene rings is 1. The summed E-state index contributed by atoms with van der Waals surface area (Å²) in [4.78, 5) is 19.0. The lowest BCUT2D eigenvalue weighted by Crippen LogP contribution is -2.36. The van der Waals surface area contributed by atoms with E-state index in [1.54, 1.807) is 6.20 Å². The normalized spacial score (nSPS) is 14.4. The van der Waals surface area contributed by atoms with Gasteiger partial charge in [0.1, 0.15) is 5.82 Å². The lowest BCUT2D eigenvalue weighted by atomic mass is 10.1. The number of anilines is 2. The molecule has 132 valence electrons. The Labute approximate surface area is 152 Å². The van der Waals surface area contributed by atoms with E-state index in [1.165, 1.54) is 5.56 Å². The third kappa shape index (κ3) is 4.96. The Kier molecular flexibility index (Phi) is 6.30. The molecule has 0 saturated carbocycles. The highest BCUT2D eigenvalue weighted by Crippen LogP contribution is 2.17. The second-order valence-electron chi connectivity index (χ2n) is 5.79. The summed E-state index contributed by atoms with van der Waals surface area (Å²) in [5.74, 6) is 2.87. The molecule has 1 aliphatic heterocycles. The van der Waals surface area contributed by atoms with Gasteiger partial charge in [-0.15, -0.1) is 0 Å². The van der Waals surface area contributed by atoms with Crippen LogP contribution in [0.15, 0.2) is 42.6 Å². The summed E-state index contributed by atoms with van der Waals surface area (Å²) < 4.78 is 5.35. The molecule has 0 aliphatic carbocycles. The number of carbonyl (C=O) groups excluding carboxylic acids is 1. The lowest BCUT2D eigenvalue weighted by Gasteiger charge is -2.27. The molecular weight excluding hydrogens is 334 g/mol. The fraction of sp³-hybridized carbons (Fsp3) is 0.368. The third-order valence-electron chi connectivity index (χ3n) is 4.03. The Morgan fingerprint density at radius 3 is 2.60 bits per heavy atom. The zero-order valence-corrected chi connectivity index (χ0v) is 15.2. The van der Waals surface area contributed by atoms with E-state index >= 15 is 0 Å². The molecule has 5 nitrogen and oxygen atoms in total. The van der Waals surface area contributed by atoms with Crippen molar-refractivity contribution in [3.8, 4) is 0 Å². The molecule has 0 bridgehead atoms. The Balaban J connectivity index is 1.58. The van der Waals surface area contributed by atoms with Crippen LogP contribution < -0.4 is 10.2 Å². The van der Waals surface area contributed by atoms with Crippen LogP contribution in [-0.2, 0) is 10.5 Å². The lowest BCUT2D eigenvalue weighted by molar-refractivity contribution is 0.102. The molecule has 6 heteroatoms. The predicted molar refractivity (Wildman–Crippen MR) is 104 cm³/mol. The largest absolute Gasteiger partial charge is 0.378 e. The molecule has 1 saturated heterocycles. The fourth-order valence-electron chi connectivity index (χ4n) is 2.62. The van der Waals surface area contributed by atoms with Crippen LogP contribution in [0.4, 0.5) is 11.5 Å². The average molecular weight is 357 g/mol. The predicted octanol–water partition coefficient (Wildman–Crippen LogP) is 3.42. The number of pyridine rings is 1. The summed E-state index contributed by atoms with van der Waals surface area (Å²) in [6.07, 6.45) is 1.70. The molecular formula is C19H23N3O2S. The standard InChI is InChI=1S/C19H23N3O2S/c1-2-25-14-15-3-5-16(6-4-15)19(23)21-17-7-8-18(20-13-17)22-9-11-24-12-10-22/h3-8,13H,2,9-12,14H2,1H3,(H,21,23). The van der Waals surface area contributed by atoms with E-state index in [2.05, 4.69) is 22.1 Å². The van der Waals surface area contributed by atoms with Crippen LogP contribution in [0.1, 0.15) is 22.8 Å². The SMILES string of the molecule is CCSCc1ccc(C(=O)Nc2ccc(N3CCOCC3)nc2)cc1. The Bertz CT molecular complexity index is 683. The van der Waals surface area contributed by atoms with Gasteiger partial charge in [0.15, 0.2) is 0 Å². The number of carbonyl (C=O) groups is 1. The first-order valence-electron chi connectivity index (χ1n) is 8.53. The minimum absolute atomic E-state index is 0.115.